The SMILES string of the molecule is CC(C)CN(CC1CCCC1O)C1CC1. The van der Waals surface area contributed by atoms with E-state index in [1.165, 1.54) is 32.2 Å². The first-order valence-electron chi connectivity index (χ1n) is 6.59. The number of hydrogen-bond acceptors (Lipinski definition) is 2. The fraction of sp³-hybridized carbons (Fsp3) is 1.00. The van der Waals surface area contributed by atoms with Crippen molar-refractivity contribution >= 4 is 0 Å². The molecule has 2 aliphatic carbocycles. The maximum atomic E-state index is 9.85. The molecule has 0 bridgehead atoms. The molecular formula is C13H25NO. The Labute approximate surface area is 93.7 Å². The third-order valence-electron chi connectivity index (χ3n) is 3.75. The third kappa shape index (κ3) is 3.18. The van der Waals surface area contributed by atoms with Crippen LogP contribution in [0.1, 0.15) is 46.0 Å². The predicted octanol–water partition coefficient (Wildman–Crippen LogP) is 2.27. The summed E-state index contributed by atoms with van der Waals surface area (Å²) in [5.41, 5.74) is 0. The van der Waals surface area contributed by atoms with Gasteiger partial charge >= 0.3 is 0 Å². The van der Waals surface area contributed by atoms with Crippen LogP contribution in [0.5, 0.6) is 0 Å². The summed E-state index contributed by atoms with van der Waals surface area (Å²) < 4.78 is 0. The summed E-state index contributed by atoms with van der Waals surface area (Å²) in [7, 11) is 0. The van der Waals surface area contributed by atoms with E-state index in [1.54, 1.807) is 0 Å². The summed E-state index contributed by atoms with van der Waals surface area (Å²) >= 11 is 0. The van der Waals surface area contributed by atoms with E-state index in [-0.39, 0.29) is 6.10 Å². The first-order chi connectivity index (χ1) is 7.16. The standard InChI is InChI=1S/C13H25NO/c1-10(2)8-14(12-6-7-12)9-11-4-3-5-13(11)15/h10-13,15H,3-9H2,1-2H3. The smallest absolute Gasteiger partial charge is 0.0580 e. The van der Waals surface area contributed by atoms with Crippen molar-refractivity contribution in [3.63, 3.8) is 0 Å². The van der Waals surface area contributed by atoms with Crippen molar-refractivity contribution in [1.29, 1.82) is 0 Å². The van der Waals surface area contributed by atoms with Crippen LogP contribution in [-0.4, -0.2) is 35.2 Å². The molecule has 15 heavy (non-hydrogen) atoms. The van der Waals surface area contributed by atoms with Gasteiger partial charge in [-0.25, -0.2) is 0 Å². The highest BCUT2D eigenvalue weighted by atomic mass is 16.3. The molecule has 2 atom stereocenters. The molecule has 88 valence electrons. The largest absolute Gasteiger partial charge is 0.393 e. The van der Waals surface area contributed by atoms with Crippen molar-refractivity contribution in [2.75, 3.05) is 13.1 Å². The highest BCUT2D eigenvalue weighted by Crippen LogP contribution is 2.32. The summed E-state index contributed by atoms with van der Waals surface area (Å²) in [4.78, 5) is 2.63. The van der Waals surface area contributed by atoms with Crippen LogP contribution in [-0.2, 0) is 0 Å². The Hall–Kier alpha value is -0.0800. The molecule has 2 aliphatic rings. The van der Waals surface area contributed by atoms with Gasteiger partial charge in [0.2, 0.25) is 0 Å². The molecular weight excluding hydrogens is 186 g/mol. The van der Waals surface area contributed by atoms with Gasteiger partial charge in [-0.3, -0.25) is 4.90 Å². The van der Waals surface area contributed by atoms with Gasteiger partial charge in [0.25, 0.3) is 0 Å². The van der Waals surface area contributed by atoms with Gasteiger partial charge in [-0.2, -0.15) is 0 Å². The van der Waals surface area contributed by atoms with E-state index in [4.69, 9.17) is 0 Å². The Morgan fingerprint density at radius 2 is 1.93 bits per heavy atom. The molecule has 0 aromatic carbocycles. The van der Waals surface area contributed by atoms with E-state index in [2.05, 4.69) is 18.7 Å². The Morgan fingerprint density at radius 1 is 1.20 bits per heavy atom. The van der Waals surface area contributed by atoms with Crippen molar-refractivity contribution < 1.29 is 5.11 Å². The normalized spacial score (nSPS) is 31.8. The van der Waals surface area contributed by atoms with Gasteiger partial charge in [-0.05, 0) is 37.5 Å². The van der Waals surface area contributed by atoms with Crippen LogP contribution in [0.25, 0.3) is 0 Å². The lowest BCUT2D eigenvalue weighted by molar-refractivity contribution is 0.0947. The molecule has 2 unspecified atom stereocenters. The van der Waals surface area contributed by atoms with Crippen LogP contribution in [0.2, 0.25) is 0 Å². The maximum absolute atomic E-state index is 9.85. The van der Waals surface area contributed by atoms with E-state index in [9.17, 15) is 5.11 Å². The molecule has 0 spiro atoms. The average molecular weight is 211 g/mol. The Balaban J connectivity index is 1.82. The van der Waals surface area contributed by atoms with Crippen LogP contribution < -0.4 is 0 Å². The van der Waals surface area contributed by atoms with Crippen LogP contribution in [0.3, 0.4) is 0 Å². The van der Waals surface area contributed by atoms with Crippen molar-refractivity contribution in [2.24, 2.45) is 11.8 Å². The van der Waals surface area contributed by atoms with Gasteiger partial charge in [0.15, 0.2) is 0 Å². The van der Waals surface area contributed by atoms with E-state index in [1.807, 2.05) is 0 Å². The van der Waals surface area contributed by atoms with Crippen molar-refractivity contribution in [2.45, 2.75) is 58.1 Å². The Bertz CT molecular complexity index is 201. The minimum absolute atomic E-state index is 0.0154. The molecule has 0 aromatic rings. The molecule has 0 aromatic heterocycles. The topological polar surface area (TPSA) is 23.5 Å². The highest BCUT2D eigenvalue weighted by Gasteiger charge is 2.34. The van der Waals surface area contributed by atoms with Gasteiger partial charge in [0, 0.05) is 19.1 Å². The van der Waals surface area contributed by atoms with Crippen LogP contribution >= 0.6 is 0 Å². The molecule has 1 N–H and O–H groups in total. The fourth-order valence-corrected chi connectivity index (χ4v) is 2.81. The monoisotopic (exact) mass is 211 g/mol. The van der Waals surface area contributed by atoms with Crippen LogP contribution in [0, 0.1) is 11.8 Å². The molecule has 0 saturated heterocycles. The van der Waals surface area contributed by atoms with Crippen LogP contribution in [0.4, 0.5) is 0 Å². The van der Waals surface area contributed by atoms with Gasteiger partial charge in [-0.1, -0.05) is 20.3 Å². The third-order valence-corrected chi connectivity index (χ3v) is 3.75. The lowest BCUT2D eigenvalue weighted by Crippen LogP contribution is -2.36. The molecule has 2 nitrogen and oxygen atoms in total. The molecule has 2 saturated carbocycles. The Kier molecular flexibility index (Phi) is 3.68. The molecule has 2 rings (SSSR count). The van der Waals surface area contributed by atoms with Gasteiger partial charge in [0.1, 0.15) is 0 Å². The second-order valence-corrected chi connectivity index (χ2v) is 5.84. The minimum Gasteiger partial charge on any atom is -0.393 e. The van der Waals surface area contributed by atoms with E-state index in [0.717, 1.165) is 24.9 Å². The average Bonchev–Trinajstić information content (AvgIpc) is 2.92. The number of aliphatic hydroxyl groups excluding tert-OH is 1. The summed E-state index contributed by atoms with van der Waals surface area (Å²) in [5.74, 6) is 1.31. The lowest BCUT2D eigenvalue weighted by Gasteiger charge is -2.28. The first kappa shape index (κ1) is 11.4. The predicted molar refractivity (Wildman–Crippen MR) is 62.8 cm³/mol. The first-order valence-corrected chi connectivity index (χ1v) is 6.59. The second kappa shape index (κ2) is 4.84. The quantitative estimate of drug-likeness (QED) is 0.754. The zero-order chi connectivity index (χ0) is 10.8. The minimum atomic E-state index is -0.0154. The summed E-state index contributed by atoms with van der Waals surface area (Å²) in [6, 6.07) is 0.847. The second-order valence-electron chi connectivity index (χ2n) is 5.84. The maximum Gasteiger partial charge on any atom is 0.0580 e. The molecule has 2 heteroatoms. The molecule has 0 amide bonds. The molecule has 0 heterocycles. The van der Waals surface area contributed by atoms with E-state index < -0.39 is 0 Å². The van der Waals surface area contributed by atoms with E-state index >= 15 is 0 Å². The Morgan fingerprint density at radius 3 is 2.40 bits per heavy atom. The highest BCUT2D eigenvalue weighted by molar-refractivity contribution is 4.88. The number of nitrogens with zero attached hydrogens (tertiary/aromatic N) is 1. The van der Waals surface area contributed by atoms with Crippen molar-refractivity contribution in [1.82, 2.24) is 4.90 Å². The molecule has 2 fully saturated rings. The number of rotatable bonds is 5. The molecule has 0 aliphatic heterocycles. The van der Waals surface area contributed by atoms with E-state index in [0.29, 0.717) is 5.92 Å². The summed E-state index contributed by atoms with van der Waals surface area (Å²) in [6.07, 6.45) is 6.25. The van der Waals surface area contributed by atoms with Gasteiger partial charge in [0.05, 0.1) is 6.10 Å². The van der Waals surface area contributed by atoms with Crippen molar-refractivity contribution in [3.05, 3.63) is 0 Å². The van der Waals surface area contributed by atoms with Crippen LogP contribution in [0.15, 0.2) is 0 Å². The summed E-state index contributed by atoms with van der Waals surface area (Å²) in [6.45, 7) is 6.94. The number of hydrogen-bond donors (Lipinski definition) is 1. The van der Waals surface area contributed by atoms with Gasteiger partial charge < -0.3 is 5.11 Å². The van der Waals surface area contributed by atoms with Crippen molar-refractivity contribution in [3.8, 4) is 0 Å². The summed E-state index contributed by atoms with van der Waals surface area (Å²) in [5, 5.41) is 9.85. The zero-order valence-corrected chi connectivity index (χ0v) is 10.2. The molecule has 0 radical (unpaired) electrons. The zero-order valence-electron chi connectivity index (χ0n) is 10.2. The number of aliphatic hydroxyl groups is 1. The fourth-order valence-electron chi connectivity index (χ4n) is 2.81. The lowest BCUT2D eigenvalue weighted by atomic mass is 10.0. The van der Waals surface area contributed by atoms with Gasteiger partial charge in [-0.15, -0.1) is 0 Å².